The summed E-state index contributed by atoms with van der Waals surface area (Å²) in [4.78, 5) is 19.9. The van der Waals surface area contributed by atoms with Gasteiger partial charge < -0.3 is 14.5 Å². The van der Waals surface area contributed by atoms with Crippen molar-refractivity contribution in [1.29, 1.82) is 0 Å². The molecule has 0 unspecified atom stereocenters. The highest BCUT2D eigenvalue weighted by Crippen LogP contribution is 2.27. The normalized spacial score (nSPS) is 15.7. The van der Waals surface area contributed by atoms with Gasteiger partial charge in [-0.3, -0.25) is 9.69 Å². The first-order chi connectivity index (χ1) is 11.2. The number of carbonyl (C=O) groups excluding carboxylic acids is 1. The summed E-state index contributed by atoms with van der Waals surface area (Å²) in [7, 11) is 0. The highest BCUT2D eigenvalue weighted by atomic mass is 32.1. The van der Waals surface area contributed by atoms with Crippen LogP contribution in [-0.2, 0) is 4.74 Å². The van der Waals surface area contributed by atoms with E-state index in [1.54, 1.807) is 6.26 Å². The first-order valence-electron chi connectivity index (χ1n) is 7.83. The summed E-state index contributed by atoms with van der Waals surface area (Å²) in [6, 6.07) is 3.67. The maximum atomic E-state index is 12.3. The molecule has 7 heteroatoms. The van der Waals surface area contributed by atoms with Gasteiger partial charge >= 0.3 is 0 Å². The molecule has 0 aromatic carbocycles. The van der Waals surface area contributed by atoms with Crippen molar-refractivity contribution in [3.05, 3.63) is 29.0 Å². The smallest absolute Gasteiger partial charge is 0.271 e. The van der Waals surface area contributed by atoms with Gasteiger partial charge in [0.25, 0.3) is 5.91 Å². The molecule has 124 valence electrons. The number of thiazole rings is 1. The lowest BCUT2D eigenvalue weighted by molar-refractivity contribution is 0.0374. The van der Waals surface area contributed by atoms with Crippen molar-refractivity contribution in [2.24, 2.45) is 0 Å². The van der Waals surface area contributed by atoms with E-state index in [4.69, 9.17) is 9.15 Å². The number of aromatic nitrogens is 1. The Morgan fingerprint density at radius 1 is 1.43 bits per heavy atom. The van der Waals surface area contributed by atoms with E-state index in [1.807, 2.05) is 19.1 Å². The van der Waals surface area contributed by atoms with Crippen molar-refractivity contribution < 1.29 is 13.9 Å². The summed E-state index contributed by atoms with van der Waals surface area (Å²) in [6.07, 6.45) is 2.54. The Bertz CT molecular complexity index is 633. The van der Waals surface area contributed by atoms with Gasteiger partial charge in [-0.1, -0.05) is 0 Å². The van der Waals surface area contributed by atoms with Gasteiger partial charge in [0.1, 0.15) is 5.69 Å². The molecule has 1 aliphatic rings. The average Bonchev–Trinajstić information content (AvgIpc) is 3.21. The Kier molecular flexibility index (Phi) is 5.43. The molecule has 1 saturated heterocycles. The quantitative estimate of drug-likeness (QED) is 0.820. The van der Waals surface area contributed by atoms with Gasteiger partial charge in [-0.05, 0) is 32.0 Å². The van der Waals surface area contributed by atoms with Crippen LogP contribution >= 0.6 is 11.3 Å². The molecule has 3 rings (SSSR count). The zero-order chi connectivity index (χ0) is 16.1. The van der Waals surface area contributed by atoms with Crippen LogP contribution < -0.4 is 5.32 Å². The van der Waals surface area contributed by atoms with Crippen LogP contribution in [0, 0.1) is 6.92 Å². The van der Waals surface area contributed by atoms with E-state index in [-0.39, 0.29) is 5.91 Å². The summed E-state index contributed by atoms with van der Waals surface area (Å²) in [5, 5.41) is 3.70. The number of nitrogens with zero attached hydrogens (tertiary/aromatic N) is 2. The van der Waals surface area contributed by atoms with Gasteiger partial charge in [-0.25, -0.2) is 4.98 Å². The standard InChI is InChI=1S/C16H21N3O3S/c1-12-14(18-16(23-12)13-4-2-9-22-13)15(20)17-5-3-6-19-7-10-21-11-8-19/h2,4,9H,3,5-8,10-11H2,1H3,(H,17,20). The van der Waals surface area contributed by atoms with Crippen molar-refractivity contribution >= 4 is 17.2 Å². The number of amides is 1. The van der Waals surface area contributed by atoms with E-state index in [1.165, 1.54) is 11.3 Å². The zero-order valence-corrected chi connectivity index (χ0v) is 14.0. The van der Waals surface area contributed by atoms with Gasteiger partial charge in [0.15, 0.2) is 10.8 Å². The van der Waals surface area contributed by atoms with Gasteiger partial charge in [0.05, 0.1) is 19.5 Å². The Labute approximate surface area is 139 Å². The van der Waals surface area contributed by atoms with Gasteiger partial charge in [0, 0.05) is 24.5 Å². The monoisotopic (exact) mass is 335 g/mol. The van der Waals surface area contributed by atoms with Crippen molar-refractivity contribution in [3.8, 4) is 10.8 Å². The lowest BCUT2D eigenvalue weighted by atomic mass is 10.3. The number of nitrogens with one attached hydrogen (secondary N) is 1. The van der Waals surface area contributed by atoms with E-state index in [0.29, 0.717) is 18.0 Å². The first-order valence-corrected chi connectivity index (χ1v) is 8.65. The zero-order valence-electron chi connectivity index (χ0n) is 13.2. The molecule has 2 aromatic rings. The molecule has 0 radical (unpaired) electrons. The largest absolute Gasteiger partial charge is 0.462 e. The van der Waals surface area contributed by atoms with Gasteiger partial charge in [-0.2, -0.15) is 0 Å². The molecular formula is C16H21N3O3S. The molecular weight excluding hydrogens is 314 g/mol. The molecule has 1 fully saturated rings. The Morgan fingerprint density at radius 2 is 2.26 bits per heavy atom. The average molecular weight is 335 g/mol. The number of furan rings is 1. The predicted molar refractivity (Wildman–Crippen MR) is 88.8 cm³/mol. The van der Waals surface area contributed by atoms with E-state index in [9.17, 15) is 4.79 Å². The lowest BCUT2D eigenvalue weighted by Gasteiger charge is -2.26. The van der Waals surface area contributed by atoms with Crippen LogP contribution in [0.1, 0.15) is 21.8 Å². The summed E-state index contributed by atoms with van der Waals surface area (Å²) in [5.74, 6) is 0.586. The molecule has 1 N–H and O–H groups in total. The molecule has 2 aromatic heterocycles. The third-order valence-electron chi connectivity index (χ3n) is 3.78. The van der Waals surface area contributed by atoms with Crippen LogP contribution in [-0.4, -0.2) is 55.2 Å². The highest BCUT2D eigenvalue weighted by molar-refractivity contribution is 7.15. The maximum Gasteiger partial charge on any atom is 0.271 e. The molecule has 6 nitrogen and oxygen atoms in total. The third-order valence-corrected chi connectivity index (χ3v) is 4.77. The summed E-state index contributed by atoms with van der Waals surface area (Å²) < 4.78 is 10.7. The topological polar surface area (TPSA) is 67.6 Å². The van der Waals surface area contributed by atoms with Crippen LogP contribution in [0.15, 0.2) is 22.8 Å². The number of hydrogen-bond donors (Lipinski definition) is 1. The maximum absolute atomic E-state index is 12.3. The number of rotatable bonds is 6. The lowest BCUT2D eigenvalue weighted by Crippen LogP contribution is -2.38. The molecule has 0 saturated carbocycles. The van der Waals surface area contributed by atoms with E-state index in [2.05, 4.69) is 15.2 Å². The van der Waals surface area contributed by atoms with Crippen molar-refractivity contribution in [3.63, 3.8) is 0 Å². The Morgan fingerprint density at radius 3 is 3.00 bits per heavy atom. The van der Waals surface area contributed by atoms with Crippen LogP contribution in [0.4, 0.5) is 0 Å². The molecule has 1 aliphatic heterocycles. The minimum atomic E-state index is -0.112. The molecule has 0 spiro atoms. The highest BCUT2D eigenvalue weighted by Gasteiger charge is 2.17. The number of morpholine rings is 1. The van der Waals surface area contributed by atoms with Crippen molar-refractivity contribution in [1.82, 2.24) is 15.2 Å². The number of ether oxygens (including phenoxy) is 1. The fourth-order valence-corrected chi connectivity index (χ4v) is 3.40. The SMILES string of the molecule is Cc1sc(-c2ccco2)nc1C(=O)NCCCN1CCOCC1. The van der Waals surface area contributed by atoms with Crippen LogP contribution in [0.3, 0.4) is 0 Å². The van der Waals surface area contributed by atoms with Crippen molar-refractivity contribution in [2.75, 3.05) is 39.4 Å². The summed E-state index contributed by atoms with van der Waals surface area (Å²) >= 11 is 1.47. The molecule has 0 bridgehead atoms. The number of hydrogen-bond acceptors (Lipinski definition) is 6. The van der Waals surface area contributed by atoms with E-state index >= 15 is 0 Å². The minimum absolute atomic E-state index is 0.112. The van der Waals surface area contributed by atoms with Crippen LogP contribution in [0.25, 0.3) is 10.8 Å². The molecule has 3 heterocycles. The molecule has 23 heavy (non-hydrogen) atoms. The fourth-order valence-electron chi connectivity index (χ4n) is 2.53. The number of aryl methyl sites for hydroxylation is 1. The molecule has 0 atom stereocenters. The summed E-state index contributed by atoms with van der Waals surface area (Å²) in [6.45, 7) is 7.12. The summed E-state index contributed by atoms with van der Waals surface area (Å²) in [5.41, 5.74) is 0.493. The second kappa shape index (κ2) is 7.72. The van der Waals surface area contributed by atoms with E-state index < -0.39 is 0 Å². The fraction of sp³-hybridized carbons (Fsp3) is 0.500. The Hall–Kier alpha value is -1.70. The minimum Gasteiger partial charge on any atom is -0.462 e. The first kappa shape index (κ1) is 16.2. The van der Waals surface area contributed by atoms with Crippen LogP contribution in [0.5, 0.6) is 0 Å². The predicted octanol–water partition coefficient (Wildman–Crippen LogP) is 2.16. The van der Waals surface area contributed by atoms with Gasteiger partial charge in [-0.15, -0.1) is 11.3 Å². The Balaban J connectivity index is 1.48. The third kappa shape index (κ3) is 4.19. The number of carbonyl (C=O) groups is 1. The van der Waals surface area contributed by atoms with Gasteiger partial charge in [0.2, 0.25) is 0 Å². The van der Waals surface area contributed by atoms with Crippen molar-refractivity contribution in [2.45, 2.75) is 13.3 Å². The second-order valence-electron chi connectivity index (χ2n) is 5.46. The van der Waals surface area contributed by atoms with Crippen LogP contribution in [0.2, 0.25) is 0 Å². The van der Waals surface area contributed by atoms with E-state index in [0.717, 1.165) is 49.2 Å². The second-order valence-corrected chi connectivity index (χ2v) is 6.67. The molecule has 1 amide bonds. The molecule has 0 aliphatic carbocycles.